The summed E-state index contributed by atoms with van der Waals surface area (Å²) in [6.07, 6.45) is 5.02. The maximum absolute atomic E-state index is 12.6. The molecule has 0 heterocycles. The van der Waals surface area contributed by atoms with Crippen LogP contribution in [-0.2, 0) is 4.79 Å². The van der Waals surface area contributed by atoms with Crippen molar-refractivity contribution >= 4 is 12.0 Å². The lowest BCUT2D eigenvalue weighted by atomic mass is 10.1. The summed E-state index contributed by atoms with van der Waals surface area (Å²) in [6, 6.07) is 0. The summed E-state index contributed by atoms with van der Waals surface area (Å²) in [5.41, 5.74) is -1.75. The molecule has 0 spiro atoms. The fraction of sp³-hybridized carbons (Fsp3) is 0.500. The van der Waals surface area contributed by atoms with Crippen molar-refractivity contribution in [2.75, 3.05) is 0 Å². The van der Waals surface area contributed by atoms with Crippen LogP contribution >= 0.6 is 0 Å². The third-order valence-corrected chi connectivity index (χ3v) is 2.94. The van der Waals surface area contributed by atoms with Gasteiger partial charge in [-0.2, -0.15) is 0 Å². The van der Waals surface area contributed by atoms with Gasteiger partial charge in [0.1, 0.15) is 7.15 Å². The minimum absolute atomic E-state index is 0.330. The third kappa shape index (κ3) is 6.88. The topological polar surface area (TPSA) is 34.1 Å². The molecule has 1 aromatic rings. The highest BCUT2D eigenvalue weighted by Crippen LogP contribution is 2.21. The molecule has 0 saturated heterocycles. The van der Waals surface area contributed by atoms with E-state index in [4.69, 9.17) is 1.37 Å². The Balaban J connectivity index is 0.000000470. The molecule has 23 heavy (non-hydrogen) atoms. The third-order valence-electron chi connectivity index (χ3n) is 2.94. The number of carbonyl (C=O) groups excluding carboxylic acids is 2. The molecule has 0 N–H and O–H groups in total. The van der Waals surface area contributed by atoms with Gasteiger partial charge in [0.15, 0.2) is 29.5 Å². The molecule has 0 atom stereocenters. The van der Waals surface area contributed by atoms with E-state index in [1.807, 2.05) is 0 Å². The van der Waals surface area contributed by atoms with Crippen LogP contribution in [0.4, 0.5) is 22.0 Å². The van der Waals surface area contributed by atoms with Gasteiger partial charge in [0.05, 0.1) is 5.56 Å². The molecule has 0 radical (unpaired) electrons. The molecular weight excluding hydrogens is 319 g/mol. The summed E-state index contributed by atoms with van der Waals surface area (Å²) < 4.78 is 68.6. The second-order valence-electron chi connectivity index (χ2n) is 4.91. The summed E-state index contributed by atoms with van der Waals surface area (Å²) in [4.78, 5) is 20.7. The van der Waals surface area contributed by atoms with E-state index >= 15 is 0 Å². The van der Waals surface area contributed by atoms with Crippen LogP contribution in [0.5, 0.6) is 0 Å². The lowest BCUT2D eigenvalue weighted by Gasteiger charge is -2.01. The predicted molar refractivity (Wildman–Crippen MR) is 75.7 cm³/mol. The minimum Gasteiger partial charge on any atom is -0.300 e. The van der Waals surface area contributed by atoms with Crippen LogP contribution < -0.4 is 0 Å². The van der Waals surface area contributed by atoms with E-state index < -0.39 is 40.9 Å². The Hall–Kier alpha value is -1.79. The van der Waals surface area contributed by atoms with E-state index in [0.29, 0.717) is 5.78 Å². The normalized spacial score (nSPS) is 10.7. The van der Waals surface area contributed by atoms with Gasteiger partial charge < -0.3 is 4.79 Å². The zero-order chi connectivity index (χ0) is 18.9. The van der Waals surface area contributed by atoms with E-state index in [-0.39, 0.29) is 0 Å². The number of ketones is 1. The highest BCUT2D eigenvalue weighted by atomic mass is 19.2. The summed E-state index contributed by atoms with van der Waals surface area (Å²) in [5.74, 6) is -11.1. The van der Waals surface area contributed by atoms with Gasteiger partial charge in [-0.15, -0.1) is 0 Å². The second kappa shape index (κ2) is 10.9. The standard InChI is InChI=1S/C9H18O.C7HF5O/c1-3-4-5-6-7-8-9(2)10;8-3-2(1-13)4(9)6(11)7(12)5(3)10/h3-8H2,1-2H3;1H/i;1D. The van der Waals surface area contributed by atoms with E-state index in [1.165, 1.54) is 25.7 Å². The van der Waals surface area contributed by atoms with Crippen molar-refractivity contribution in [3.8, 4) is 0 Å². The minimum atomic E-state index is -2.36. The van der Waals surface area contributed by atoms with Gasteiger partial charge in [-0.25, -0.2) is 22.0 Å². The molecule has 1 aromatic carbocycles. The molecule has 2 nitrogen and oxygen atoms in total. The number of unbranched alkanes of at least 4 members (excludes halogenated alkanes) is 4. The van der Waals surface area contributed by atoms with Gasteiger partial charge in [-0.3, -0.25) is 4.79 Å². The first-order valence-electron chi connectivity index (χ1n) is 7.66. The highest BCUT2D eigenvalue weighted by Gasteiger charge is 2.24. The highest BCUT2D eigenvalue weighted by molar-refractivity contribution is 5.75. The van der Waals surface area contributed by atoms with E-state index in [1.54, 1.807) is 6.92 Å². The summed E-state index contributed by atoms with van der Waals surface area (Å²) in [7, 11) is 0. The first kappa shape index (κ1) is 19.3. The Morgan fingerprint density at radius 2 is 1.35 bits per heavy atom. The molecule has 0 bridgehead atoms. The smallest absolute Gasteiger partial charge is 0.200 e. The van der Waals surface area contributed by atoms with Gasteiger partial charge in [-0.05, 0) is 13.3 Å². The molecule has 0 unspecified atom stereocenters. The maximum Gasteiger partial charge on any atom is 0.200 e. The van der Waals surface area contributed by atoms with Crippen LogP contribution in [0, 0.1) is 29.1 Å². The number of halogens is 5. The van der Waals surface area contributed by atoms with Crippen molar-refractivity contribution in [2.45, 2.75) is 52.4 Å². The number of hydrogen-bond donors (Lipinski definition) is 0. The monoisotopic (exact) mass is 339 g/mol. The Labute approximate surface area is 133 Å². The van der Waals surface area contributed by atoms with Gasteiger partial charge in [0.2, 0.25) is 5.82 Å². The maximum atomic E-state index is 12.6. The molecule has 1 rings (SSSR count). The average molecular weight is 339 g/mol. The van der Waals surface area contributed by atoms with Crippen LogP contribution in [0.2, 0.25) is 0 Å². The molecular formula is C16H19F5O2. The zero-order valence-electron chi connectivity index (χ0n) is 13.9. The SMILES string of the molecule is CCCCCCCC(C)=O.[2H]C(=O)c1c(F)c(F)c(F)c(F)c1F. The Morgan fingerprint density at radius 1 is 0.913 bits per heavy atom. The molecule has 0 aliphatic heterocycles. The van der Waals surface area contributed by atoms with E-state index in [2.05, 4.69) is 6.92 Å². The van der Waals surface area contributed by atoms with E-state index in [9.17, 15) is 31.5 Å². The van der Waals surface area contributed by atoms with Crippen LogP contribution in [0.3, 0.4) is 0 Å². The van der Waals surface area contributed by atoms with Gasteiger partial charge in [0, 0.05) is 6.42 Å². The van der Waals surface area contributed by atoms with Crippen molar-refractivity contribution in [2.24, 2.45) is 0 Å². The number of benzene rings is 1. The number of rotatable bonds is 7. The van der Waals surface area contributed by atoms with Crippen molar-refractivity contribution < 1.29 is 32.9 Å². The number of aldehydes is 1. The number of Topliss-reactive ketones (excluding diaryl/α,β-unsaturated/α-hetero) is 1. The molecule has 0 aliphatic rings. The largest absolute Gasteiger partial charge is 0.300 e. The average Bonchev–Trinajstić information content (AvgIpc) is 2.51. The van der Waals surface area contributed by atoms with E-state index in [0.717, 1.165) is 12.8 Å². The Kier molecular flexibility index (Phi) is 9.09. The van der Waals surface area contributed by atoms with Crippen molar-refractivity contribution in [1.29, 1.82) is 0 Å². The van der Waals surface area contributed by atoms with Gasteiger partial charge in [-0.1, -0.05) is 32.6 Å². The Morgan fingerprint density at radius 3 is 1.74 bits per heavy atom. The molecule has 0 amide bonds. The predicted octanol–water partition coefficient (Wildman–Crippen LogP) is 5.13. The second-order valence-corrected chi connectivity index (χ2v) is 4.91. The molecule has 0 saturated carbocycles. The van der Waals surface area contributed by atoms with Crippen LogP contribution in [0.1, 0.15) is 64.1 Å². The van der Waals surface area contributed by atoms with Crippen LogP contribution in [0.15, 0.2) is 0 Å². The molecule has 0 aromatic heterocycles. The molecule has 0 fully saturated rings. The first-order chi connectivity index (χ1) is 11.1. The fourth-order valence-electron chi connectivity index (χ4n) is 1.67. The quantitative estimate of drug-likeness (QED) is 0.227. The van der Waals surface area contributed by atoms with Gasteiger partial charge in [0.25, 0.3) is 0 Å². The van der Waals surface area contributed by atoms with Crippen molar-refractivity contribution in [3.63, 3.8) is 0 Å². The first-order valence-corrected chi connectivity index (χ1v) is 7.16. The molecule has 7 heteroatoms. The van der Waals surface area contributed by atoms with Crippen LogP contribution in [0.25, 0.3) is 0 Å². The number of carbonyl (C=O) groups is 2. The molecule has 130 valence electrons. The lowest BCUT2D eigenvalue weighted by molar-refractivity contribution is -0.117. The number of hydrogen-bond acceptors (Lipinski definition) is 2. The molecule has 0 aliphatic carbocycles. The fourth-order valence-corrected chi connectivity index (χ4v) is 1.67. The summed E-state index contributed by atoms with van der Waals surface area (Å²) in [6.45, 7) is 3.87. The van der Waals surface area contributed by atoms with Crippen molar-refractivity contribution in [3.05, 3.63) is 34.6 Å². The lowest BCUT2D eigenvalue weighted by Crippen LogP contribution is -2.05. The summed E-state index contributed by atoms with van der Waals surface area (Å²) in [5, 5.41) is 0. The van der Waals surface area contributed by atoms with Crippen molar-refractivity contribution in [1.82, 2.24) is 0 Å². The Bertz CT molecular complexity index is 561. The van der Waals surface area contributed by atoms with Crippen LogP contribution in [-0.4, -0.2) is 12.0 Å². The van der Waals surface area contributed by atoms with Gasteiger partial charge >= 0.3 is 0 Å². The summed E-state index contributed by atoms with van der Waals surface area (Å²) >= 11 is 0. The zero-order valence-corrected chi connectivity index (χ0v) is 12.9.